The summed E-state index contributed by atoms with van der Waals surface area (Å²) < 4.78 is 0. The number of nitroso groups, excluding NO2 is 1. The molecule has 3 heteroatoms. The molecule has 10 heavy (non-hydrogen) atoms. The Hall–Kier alpha value is -0.990. The lowest BCUT2D eigenvalue weighted by molar-refractivity contribution is 0.749. The van der Waals surface area contributed by atoms with Crippen molar-refractivity contribution in [2.24, 2.45) is 10.2 Å². The van der Waals surface area contributed by atoms with Gasteiger partial charge in [0, 0.05) is 0 Å². The van der Waals surface area contributed by atoms with E-state index in [4.69, 9.17) is 0 Å². The summed E-state index contributed by atoms with van der Waals surface area (Å²) in [6, 6.07) is 0.321. The van der Waals surface area contributed by atoms with Crippen molar-refractivity contribution in [3.8, 4) is 0 Å². The van der Waals surface area contributed by atoms with Crippen LogP contribution in [0.2, 0.25) is 0 Å². The highest BCUT2D eigenvalue weighted by atomic mass is 16.3. The van der Waals surface area contributed by atoms with Crippen LogP contribution < -0.4 is 0 Å². The fourth-order valence-electron chi connectivity index (χ4n) is 0.939. The molecule has 0 unspecified atom stereocenters. The van der Waals surface area contributed by atoms with Gasteiger partial charge in [-0.2, -0.15) is 4.91 Å². The molecule has 1 aliphatic rings. The molecule has 0 spiro atoms. The molecule has 0 saturated carbocycles. The number of aliphatic imine (C=N–C) groups is 1. The third kappa shape index (κ3) is 1.76. The van der Waals surface area contributed by atoms with Gasteiger partial charge in [0.15, 0.2) is 0 Å². The van der Waals surface area contributed by atoms with Gasteiger partial charge in [-0.25, -0.2) is 0 Å². The number of dihydropyridines is 1. The Kier molecular flexibility index (Phi) is 2.31. The Morgan fingerprint density at radius 2 is 2.70 bits per heavy atom. The van der Waals surface area contributed by atoms with Crippen molar-refractivity contribution >= 4 is 5.71 Å². The molecule has 0 radical (unpaired) electrons. The van der Waals surface area contributed by atoms with Crippen LogP contribution in [0.3, 0.4) is 0 Å². The minimum atomic E-state index is 0.209. The molecule has 0 saturated heterocycles. The topological polar surface area (TPSA) is 41.8 Å². The average Bonchev–Trinajstić information content (AvgIpc) is 1.88. The maximum atomic E-state index is 9.82. The second-order valence-corrected chi connectivity index (χ2v) is 2.39. The van der Waals surface area contributed by atoms with Crippen molar-refractivity contribution in [1.82, 2.24) is 0 Å². The van der Waals surface area contributed by atoms with Crippen molar-refractivity contribution < 1.29 is 0 Å². The molecule has 0 amide bonds. The van der Waals surface area contributed by atoms with Crippen LogP contribution in [-0.4, -0.2) is 18.3 Å². The van der Waals surface area contributed by atoms with Gasteiger partial charge in [0.1, 0.15) is 6.54 Å². The summed E-state index contributed by atoms with van der Waals surface area (Å²) in [4.78, 5) is 14.0. The lowest BCUT2D eigenvalue weighted by Gasteiger charge is -2.08. The van der Waals surface area contributed by atoms with Gasteiger partial charge in [0.05, 0.1) is 11.8 Å². The predicted molar refractivity (Wildman–Crippen MR) is 41.3 cm³/mol. The summed E-state index contributed by atoms with van der Waals surface area (Å²) in [5, 5.41) is 2.76. The van der Waals surface area contributed by atoms with E-state index in [0.717, 1.165) is 12.1 Å². The van der Waals surface area contributed by atoms with Gasteiger partial charge >= 0.3 is 0 Å². The van der Waals surface area contributed by atoms with Gasteiger partial charge in [-0.15, -0.1) is 0 Å². The van der Waals surface area contributed by atoms with Crippen molar-refractivity contribution in [3.05, 3.63) is 17.1 Å². The minimum Gasteiger partial charge on any atom is -0.284 e. The highest BCUT2D eigenvalue weighted by Gasteiger charge is 2.03. The maximum absolute atomic E-state index is 9.82. The quantitative estimate of drug-likeness (QED) is 0.533. The Balaban J connectivity index is 2.57. The summed E-state index contributed by atoms with van der Waals surface area (Å²) in [6.07, 6.45) is 4.86. The highest BCUT2D eigenvalue weighted by molar-refractivity contribution is 5.97. The molecule has 1 heterocycles. The first-order valence-corrected chi connectivity index (χ1v) is 3.35. The zero-order valence-electron chi connectivity index (χ0n) is 5.95. The highest BCUT2D eigenvalue weighted by Crippen LogP contribution is 2.05. The van der Waals surface area contributed by atoms with Crippen molar-refractivity contribution in [2.45, 2.75) is 19.4 Å². The van der Waals surface area contributed by atoms with Crippen LogP contribution in [0.1, 0.15) is 13.3 Å². The van der Waals surface area contributed by atoms with E-state index < -0.39 is 0 Å². The summed E-state index contributed by atoms with van der Waals surface area (Å²) in [5.41, 5.74) is 0.800. The van der Waals surface area contributed by atoms with Gasteiger partial charge in [0.2, 0.25) is 0 Å². The van der Waals surface area contributed by atoms with E-state index in [9.17, 15) is 4.91 Å². The third-order valence-corrected chi connectivity index (χ3v) is 1.40. The van der Waals surface area contributed by atoms with Crippen LogP contribution in [0, 0.1) is 4.91 Å². The van der Waals surface area contributed by atoms with Gasteiger partial charge < -0.3 is 0 Å². The molecule has 0 bridgehead atoms. The number of rotatable bonds is 2. The molecule has 0 aliphatic carbocycles. The van der Waals surface area contributed by atoms with Crippen LogP contribution >= 0.6 is 0 Å². The van der Waals surface area contributed by atoms with E-state index in [2.05, 4.69) is 10.2 Å². The lowest BCUT2D eigenvalue weighted by atomic mass is 10.1. The zero-order chi connectivity index (χ0) is 7.40. The Morgan fingerprint density at radius 3 is 3.30 bits per heavy atom. The van der Waals surface area contributed by atoms with Crippen LogP contribution in [0.4, 0.5) is 0 Å². The molecule has 1 rings (SSSR count). The number of hydrogen-bond acceptors (Lipinski definition) is 3. The van der Waals surface area contributed by atoms with Gasteiger partial charge in [-0.1, -0.05) is 11.3 Å². The van der Waals surface area contributed by atoms with Gasteiger partial charge in [-0.3, -0.25) is 4.99 Å². The molecule has 0 fully saturated rings. The van der Waals surface area contributed by atoms with Crippen molar-refractivity contribution in [2.75, 3.05) is 6.54 Å². The molecule has 1 atom stereocenters. The summed E-state index contributed by atoms with van der Waals surface area (Å²) >= 11 is 0. The molecule has 1 aliphatic heterocycles. The first kappa shape index (κ1) is 7.12. The molecule has 0 aromatic carbocycles. The first-order chi connectivity index (χ1) is 4.83. The number of nitrogens with zero attached hydrogens (tertiary/aromatic N) is 2. The monoisotopic (exact) mass is 138 g/mol. The van der Waals surface area contributed by atoms with Crippen molar-refractivity contribution in [1.29, 1.82) is 0 Å². The van der Waals surface area contributed by atoms with E-state index >= 15 is 0 Å². The molecule has 3 nitrogen and oxygen atoms in total. The summed E-state index contributed by atoms with van der Waals surface area (Å²) in [5.74, 6) is 0. The summed E-state index contributed by atoms with van der Waals surface area (Å²) in [6.45, 7) is 2.23. The Morgan fingerprint density at radius 1 is 1.90 bits per heavy atom. The molecule has 0 aromatic heterocycles. The molecule has 54 valence electrons. The van der Waals surface area contributed by atoms with E-state index in [1.54, 1.807) is 0 Å². The zero-order valence-corrected chi connectivity index (χ0v) is 5.95. The maximum Gasteiger partial charge on any atom is 0.123 e. The second kappa shape index (κ2) is 3.25. The van der Waals surface area contributed by atoms with Gasteiger partial charge in [0.25, 0.3) is 0 Å². The first-order valence-electron chi connectivity index (χ1n) is 3.35. The van der Waals surface area contributed by atoms with Crippen LogP contribution in [-0.2, 0) is 0 Å². The van der Waals surface area contributed by atoms with Crippen LogP contribution in [0.5, 0.6) is 0 Å². The normalized spacial score (nSPS) is 24.1. The third-order valence-electron chi connectivity index (χ3n) is 1.40. The van der Waals surface area contributed by atoms with Gasteiger partial charge in [-0.05, 0) is 19.4 Å². The van der Waals surface area contributed by atoms with E-state index in [-0.39, 0.29) is 6.54 Å². The van der Waals surface area contributed by atoms with Crippen LogP contribution in [0.25, 0.3) is 0 Å². The lowest BCUT2D eigenvalue weighted by Crippen LogP contribution is -2.09. The molecular formula is C7H10N2O. The second-order valence-electron chi connectivity index (χ2n) is 2.39. The van der Waals surface area contributed by atoms with E-state index in [0.29, 0.717) is 6.04 Å². The molecule has 0 aromatic rings. The Labute approximate surface area is 59.8 Å². The largest absolute Gasteiger partial charge is 0.284 e. The van der Waals surface area contributed by atoms with Crippen LogP contribution in [0.15, 0.2) is 22.3 Å². The molecule has 0 N–H and O–H groups in total. The fraction of sp³-hybridized carbons (Fsp3) is 0.571. The average molecular weight is 138 g/mol. The molecular weight excluding hydrogens is 128 g/mol. The van der Waals surface area contributed by atoms with E-state index in [1.165, 1.54) is 0 Å². The fourth-order valence-corrected chi connectivity index (χ4v) is 0.939. The summed E-state index contributed by atoms with van der Waals surface area (Å²) in [7, 11) is 0. The van der Waals surface area contributed by atoms with Crippen molar-refractivity contribution in [3.63, 3.8) is 0 Å². The standard InChI is InChI=1S/C7H10N2O/c1-6-3-2-4-7(9-6)5-8-10/h2,4,6H,3,5H2,1H3/t6-/m0/s1. The minimum absolute atomic E-state index is 0.209. The SMILES string of the molecule is C[C@H]1CC=CC(CN=O)=N1. The van der Waals surface area contributed by atoms with E-state index in [1.807, 2.05) is 19.1 Å². The smallest absolute Gasteiger partial charge is 0.123 e. The Bertz CT molecular complexity index is 184. The predicted octanol–water partition coefficient (Wildman–Crippen LogP) is 1.54. The number of hydrogen-bond donors (Lipinski definition) is 0.